The second-order valence-electron chi connectivity index (χ2n) is 3.51. The van der Waals surface area contributed by atoms with E-state index < -0.39 is 18.2 Å². The Bertz CT molecular complexity index is 390. The highest BCUT2D eigenvalue weighted by Crippen LogP contribution is 2.25. The van der Waals surface area contributed by atoms with Gasteiger partial charge in [-0.05, 0) is 32.0 Å². The number of aromatic carboxylic acids is 1. The third-order valence-electron chi connectivity index (χ3n) is 2.17. The zero-order chi connectivity index (χ0) is 12.3. The Balaban J connectivity index is 3.01. The van der Waals surface area contributed by atoms with Gasteiger partial charge in [0.1, 0.15) is 17.4 Å². The summed E-state index contributed by atoms with van der Waals surface area (Å²) >= 11 is 3.24. The molecule has 88 valence electrons. The van der Waals surface area contributed by atoms with Crippen LogP contribution in [0.2, 0.25) is 0 Å². The first-order valence-corrected chi connectivity index (χ1v) is 5.58. The van der Waals surface area contributed by atoms with E-state index in [4.69, 9.17) is 9.84 Å². The molecule has 16 heavy (non-hydrogen) atoms. The predicted octanol–water partition coefficient (Wildman–Crippen LogP) is 2.30. The summed E-state index contributed by atoms with van der Waals surface area (Å²) in [6, 6.07) is 4.65. The van der Waals surface area contributed by atoms with Crippen LogP contribution in [0.25, 0.3) is 0 Å². The number of carbonyl (C=O) groups is 1. The standard InChI is InChI=1S/C11H13BrO4/c1-6(13)7(2)16-10-5-8(12)3-4-9(10)11(14)15/h3-7,13H,1-2H3,(H,14,15). The van der Waals surface area contributed by atoms with Gasteiger partial charge in [-0.3, -0.25) is 0 Å². The first-order valence-electron chi connectivity index (χ1n) is 4.79. The molecule has 0 saturated carbocycles. The third kappa shape index (κ3) is 3.21. The van der Waals surface area contributed by atoms with Gasteiger partial charge in [-0.15, -0.1) is 0 Å². The fraction of sp³-hybridized carbons (Fsp3) is 0.364. The van der Waals surface area contributed by atoms with Crippen LogP contribution < -0.4 is 4.74 Å². The average Bonchev–Trinajstić information content (AvgIpc) is 2.16. The lowest BCUT2D eigenvalue weighted by atomic mass is 10.2. The van der Waals surface area contributed by atoms with Gasteiger partial charge >= 0.3 is 5.97 Å². The first-order chi connectivity index (χ1) is 7.41. The average molecular weight is 289 g/mol. The van der Waals surface area contributed by atoms with Crippen LogP contribution in [0.15, 0.2) is 22.7 Å². The molecule has 0 amide bonds. The summed E-state index contributed by atoms with van der Waals surface area (Å²) in [5.41, 5.74) is 0.0794. The van der Waals surface area contributed by atoms with Gasteiger partial charge in [0, 0.05) is 4.47 Å². The van der Waals surface area contributed by atoms with Crippen molar-refractivity contribution in [2.24, 2.45) is 0 Å². The second kappa shape index (κ2) is 5.32. The molecule has 2 unspecified atom stereocenters. The van der Waals surface area contributed by atoms with E-state index in [1.807, 2.05) is 0 Å². The molecular weight excluding hydrogens is 276 g/mol. The Kier molecular flexibility index (Phi) is 4.32. The first kappa shape index (κ1) is 13.0. The van der Waals surface area contributed by atoms with E-state index in [1.54, 1.807) is 26.0 Å². The van der Waals surface area contributed by atoms with Crippen molar-refractivity contribution >= 4 is 21.9 Å². The molecule has 0 aromatic heterocycles. The van der Waals surface area contributed by atoms with Crippen molar-refractivity contribution < 1.29 is 19.7 Å². The van der Waals surface area contributed by atoms with Crippen LogP contribution in [-0.2, 0) is 0 Å². The predicted molar refractivity (Wildman–Crippen MR) is 62.9 cm³/mol. The van der Waals surface area contributed by atoms with E-state index in [9.17, 15) is 9.90 Å². The van der Waals surface area contributed by atoms with Gasteiger partial charge in [-0.1, -0.05) is 15.9 Å². The molecule has 0 aliphatic carbocycles. The number of benzene rings is 1. The summed E-state index contributed by atoms with van der Waals surface area (Å²) < 4.78 is 6.12. The lowest BCUT2D eigenvalue weighted by Gasteiger charge is -2.18. The van der Waals surface area contributed by atoms with Crippen molar-refractivity contribution in [2.45, 2.75) is 26.1 Å². The maximum Gasteiger partial charge on any atom is 0.339 e. The van der Waals surface area contributed by atoms with Crippen molar-refractivity contribution in [1.82, 2.24) is 0 Å². The number of rotatable bonds is 4. The van der Waals surface area contributed by atoms with Crippen LogP contribution in [0.3, 0.4) is 0 Å². The molecule has 1 aromatic rings. The minimum Gasteiger partial charge on any atom is -0.487 e. The molecule has 1 aromatic carbocycles. The molecule has 4 nitrogen and oxygen atoms in total. The smallest absolute Gasteiger partial charge is 0.339 e. The van der Waals surface area contributed by atoms with Gasteiger partial charge in [0.2, 0.25) is 0 Å². The number of ether oxygens (including phenoxy) is 1. The SMILES string of the molecule is CC(O)C(C)Oc1cc(Br)ccc1C(=O)O. The molecule has 1 rings (SSSR count). The lowest BCUT2D eigenvalue weighted by Crippen LogP contribution is -2.26. The van der Waals surface area contributed by atoms with Crippen LogP contribution in [-0.4, -0.2) is 28.4 Å². The molecule has 0 spiro atoms. The molecule has 0 aliphatic rings. The van der Waals surface area contributed by atoms with Crippen LogP contribution >= 0.6 is 15.9 Å². The normalized spacial score (nSPS) is 14.2. The Morgan fingerprint density at radius 2 is 2.06 bits per heavy atom. The van der Waals surface area contributed by atoms with Crippen molar-refractivity contribution in [3.63, 3.8) is 0 Å². The molecule has 0 fully saturated rings. The highest BCUT2D eigenvalue weighted by Gasteiger charge is 2.16. The lowest BCUT2D eigenvalue weighted by molar-refractivity contribution is 0.0560. The summed E-state index contributed by atoms with van der Waals surface area (Å²) in [5, 5.41) is 18.2. The van der Waals surface area contributed by atoms with E-state index in [2.05, 4.69) is 15.9 Å². The highest BCUT2D eigenvalue weighted by molar-refractivity contribution is 9.10. The molecule has 0 radical (unpaired) electrons. The molecule has 0 bridgehead atoms. The highest BCUT2D eigenvalue weighted by atomic mass is 79.9. The topological polar surface area (TPSA) is 66.8 Å². The number of carboxylic acid groups (broad SMARTS) is 1. The van der Waals surface area contributed by atoms with Gasteiger partial charge in [0.05, 0.1) is 6.10 Å². The maximum atomic E-state index is 10.9. The number of aliphatic hydroxyl groups is 1. The number of hydrogen-bond acceptors (Lipinski definition) is 3. The van der Waals surface area contributed by atoms with Crippen LogP contribution in [0.1, 0.15) is 24.2 Å². The minimum absolute atomic E-state index is 0.0794. The number of hydrogen-bond donors (Lipinski definition) is 2. The molecule has 2 atom stereocenters. The minimum atomic E-state index is -1.06. The van der Waals surface area contributed by atoms with Gasteiger partial charge in [0.15, 0.2) is 0 Å². The van der Waals surface area contributed by atoms with Gasteiger partial charge in [0.25, 0.3) is 0 Å². The Morgan fingerprint density at radius 3 is 2.56 bits per heavy atom. The number of halogens is 1. The van der Waals surface area contributed by atoms with Gasteiger partial charge in [-0.2, -0.15) is 0 Å². The van der Waals surface area contributed by atoms with Crippen molar-refractivity contribution in [3.8, 4) is 5.75 Å². The maximum absolute atomic E-state index is 10.9. The Hall–Kier alpha value is -1.07. The van der Waals surface area contributed by atoms with Crippen molar-refractivity contribution in [2.75, 3.05) is 0 Å². The summed E-state index contributed by atoms with van der Waals surface area (Å²) in [6.07, 6.45) is -1.13. The fourth-order valence-electron chi connectivity index (χ4n) is 1.07. The number of carboxylic acids is 1. The molecule has 0 aliphatic heterocycles. The Labute approximate surface area is 102 Å². The zero-order valence-electron chi connectivity index (χ0n) is 8.98. The van der Waals surface area contributed by atoms with Gasteiger partial charge < -0.3 is 14.9 Å². The van der Waals surface area contributed by atoms with E-state index in [0.29, 0.717) is 0 Å². The van der Waals surface area contributed by atoms with E-state index in [-0.39, 0.29) is 11.3 Å². The fourth-order valence-corrected chi connectivity index (χ4v) is 1.41. The molecule has 0 heterocycles. The largest absolute Gasteiger partial charge is 0.487 e. The van der Waals surface area contributed by atoms with Crippen molar-refractivity contribution in [1.29, 1.82) is 0 Å². The molecule has 0 saturated heterocycles. The third-order valence-corrected chi connectivity index (χ3v) is 2.66. The summed E-state index contributed by atoms with van der Waals surface area (Å²) in [5.74, 6) is -0.810. The molecule has 2 N–H and O–H groups in total. The van der Waals surface area contributed by atoms with Crippen molar-refractivity contribution in [3.05, 3.63) is 28.2 Å². The zero-order valence-corrected chi connectivity index (χ0v) is 10.6. The van der Waals surface area contributed by atoms with E-state index >= 15 is 0 Å². The van der Waals surface area contributed by atoms with Gasteiger partial charge in [-0.25, -0.2) is 4.79 Å². The quantitative estimate of drug-likeness (QED) is 0.892. The summed E-state index contributed by atoms with van der Waals surface area (Å²) in [4.78, 5) is 10.9. The summed E-state index contributed by atoms with van der Waals surface area (Å²) in [7, 11) is 0. The van der Waals surface area contributed by atoms with Crippen LogP contribution in [0.4, 0.5) is 0 Å². The number of aliphatic hydroxyl groups excluding tert-OH is 1. The van der Waals surface area contributed by atoms with Crippen LogP contribution in [0, 0.1) is 0 Å². The van der Waals surface area contributed by atoms with Crippen LogP contribution in [0.5, 0.6) is 5.75 Å². The van der Waals surface area contributed by atoms with E-state index in [0.717, 1.165) is 4.47 Å². The van der Waals surface area contributed by atoms with E-state index in [1.165, 1.54) is 6.07 Å². The second-order valence-corrected chi connectivity index (χ2v) is 4.42. The molecule has 5 heteroatoms. The molecular formula is C11H13BrO4. The summed E-state index contributed by atoms with van der Waals surface area (Å²) in [6.45, 7) is 3.26. The monoisotopic (exact) mass is 288 g/mol. The Morgan fingerprint density at radius 1 is 1.44 bits per heavy atom.